The lowest BCUT2D eigenvalue weighted by Crippen LogP contribution is -2.54. The standard InChI is InChI=1S/C22H36O11S2/c1-8-34-22(12-23,35-9-2)10-18(30-14(4)25)20(32-16(6)27)21(33-17(7)28)19(31-15(5)26)11-29-13(3)24/h18-21,23H,8-12H2,1-7H3/t18-,19-,20-,21-/m1/s1. The minimum Gasteiger partial charge on any atom is -0.462 e. The molecule has 13 heteroatoms. The number of rotatable bonds is 16. The summed E-state index contributed by atoms with van der Waals surface area (Å²) in [5, 5.41) is 10.2. The first-order valence-corrected chi connectivity index (χ1v) is 13.0. The zero-order chi connectivity index (χ0) is 27.2. The SMILES string of the molecule is CCSC(CO)(C[C@@H](OC(C)=O)[C@@H](OC(C)=O)[C@H](OC(C)=O)[C@@H](COC(C)=O)OC(C)=O)SCC. The van der Waals surface area contributed by atoms with Gasteiger partial charge >= 0.3 is 29.8 Å². The van der Waals surface area contributed by atoms with E-state index in [1.165, 1.54) is 23.5 Å². The Hall–Kier alpha value is -1.99. The van der Waals surface area contributed by atoms with Crippen LogP contribution in [0, 0.1) is 0 Å². The molecule has 0 aromatic rings. The van der Waals surface area contributed by atoms with Gasteiger partial charge in [0.05, 0.1) is 10.7 Å². The summed E-state index contributed by atoms with van der Waals surface area (Å²) in [6.45, 7) is 8.56. The minimum atomic E-state index is -1.50. The maximum atomic E-state index is 12.1. The second-order valence-electron chi connectivity index (χ2n) is 7.39. The van der Waals surface area contributed by atoms with Gasteiger partial charge in [0, 0.05) is 41.0 Å². The van der Waals surface area contributed by atoms with Crippen molar-refractivity contribution >= 4 is 53.4 Å². The van der Waals surface area contributed by atoms with Crippen LogP contribution in [0.15, 0.2) is 0 Å². The van der Waals surface area contributed by atoms with Gasteiger partial charge in [0.1, 0.15) is 12.7 Å². The minimum absolute atomic E-state index is 0.00381. The smallest absolute Gasteiger partial charge is 0.303 e. The molecule has 0 fully saturated rings. The van der Waals surface area contributed by atoms with E-state index >= 15 is 0 Å². The topological polar surface area (TPSA) is 152 Å². The number of hydrogen-bond donors (Lipinski definition) is 1. The summed E-state index contributed by atoms with van der Waals surface area (Å²) in [5.74, 6) is -2.55. The van der Waals surface area contributed by atoms with E-state index in [1.54, 1.807) is 0 Å². The van der Waals surface area contributed by atoms with Crippen molar-refractivity contribution in [2.75, 3.05) is 24.7 Å². The molecular weight excluding hydrogens is 504 g/mol. The highest BCUT2D eigenvalue weighted by atomic mass is 32.2. The van der Waals surface area contributed by atoms with Crippen LogP contribution in [0.25, 0.3) is 0 Å². The molecule has 202 valence electrons. The summed E-state index contributed by atoms with van der Waals surface area (Å²) in [5.41, 5.74) is 0. The summed E-state index contributed by atoms with van der Waals surface area (Å²) >= 11 is 2.84. The van der Waals surface area contributed by atoms with E-state index in [2.05, 4.69) is 0 Å². The molecule has 0 spiro atoms. The molecule has 4 atom stereocenters. The van der Waals surface area contributed by atoms with Crippen molar-refractivity contribution < 1.29 is 52.8 Å². The predicted molar refractivity (Wildman–Crippen MR) is 130 cm³/mol. The van der Waals surface area contributed by atoms with Gasteiger partial charge < -0.3 is 28.8 Å². The third-order valence-corrected chi connectivity index (χ3v) is 7.24. The number of thioether (sulfide) groups is 2. The Balaban J connectivity index is 6.68. The van der Waals surface area contributed by atoms with Gasteiger partial charge in [0.25, 0.3) is 0 Å². The monoisotopic (exact) mass is 540 g/mol. The molecule has 0 unspecified atom stereocenters. The second-order valence-corrected chi connectivity index (χ2v) is 10.9. The molecule has 0 saturated carbocycles. The van der Waals surface area contributed by atoms with Crippen LogP contribution in [0.3, 0.4) is 0 Å². The van der Waals surface area contributed by atoms with E-state index in [1.807, 2.05) is 13.8 Å². The lowest BCUT2D eigenvalue weighted by molar-refractivity contribution is -0.203. The lowest BCUT2D eigenvalue weighted by Gasteiger charge is -2.39. The summed E-state index contributed by atoms with van der Waals surface area (Å²) < 4.78 is 25.7. The van der Waals surface area contributed by atoms with E-state index in [0.29, 0.717) is 11.5 Å². The Labute approximate surface area is 214 Å². The molecular formula is C22H36O11S2. The van der Waals surface area contributed by atoms with Crippen molar-refractivity contribution in [3.63, 3.8) is 0 Å². The summed E-state index contributed by atoms with van der Waals surface area (Å²) in [7, 11) is 0. The summed E-state index contributed by atoms with van der Waals surface area (Å²) in [6, 6.07) is 0. The van der Waals surface area contributed by atoms with Crippen LogP contribution in [0.1, 0.15) is 54.9 Å². The Kier molecular flexibility index (Phi) is 15.7. The van der Waals surface area contributed by atoms with Gasteiger partial charge in [0.15, 0.2) is 18.3 Å². The number of aliphatic hydroxyl groups is 1. The van der Waals surface area contributed by atoms with Crippen LogP contribution < -0.4 is 0 Å². The first-order valence-electron chi connectivity index (χ1n) is 11.0. The number of esters is 5. The average Bonchev–Trinajstić information content (AvgIpc) is 2.72. The van der Waals surface area contributed by atoms with Gasteiger partial charge in [-0.3, -0.25) is 24.0 Å². The molecule has 0 radical (unpaired) electrons. The van der Waals surface area contributed by atoms with Gasteiger partial charge in [-0.05, 0) is 11.5 Å². The van der Waals surface area contributed by atoms with E-state index in [4.69, 9.17) is 23.7 Å². The molecule has 0 rings (SSSR count). The average molecular weight is 541 g/mol. The number of ether oxygens (including phenoxy) is 5. The lowest BCUT2D eigenvalue weighted by atomic mass is 9.98. The van der Waals surface area contributed by atoms with Gasteiger partial charge in [-0.2, -0.15) is 0 Å². The van der Waals surface area contributed by atoms with Crippen molar-refractivity contribution in [1.29, 1.82) is 0 Å². The summed E-state index contributed by atoms with van der Waals surface area (Å²) in [4.78, 5) is 59.3. The maximum Gasteiger partial charge on any atom is 0.303 e. The molecule has 1 N–H and O–H groups in total. The Morgan fingerprint density at radius 1 is 0.686 bits per heavy atom. The molecule has 0 aromatic carbocycles. The molecule has 0 bridgehead atoms. The van der Waals surface area contributed by atoms with E-state index < -0.39 is 64.9 Å². The third-order valence-electron chi connectivity index (χ3n) is 4.31. The zero-order valence-electron chi connectivity index (χ0n) is 21.2. The van der Waals surface area contributed by atoms with Crippen LogP contribution >= 0.6 is 23.5 Å². The van der Waals surface area contributed by atoms with Gasteiger partial charge in [-0.1, -0.05) is 13.8 Å². The first kappa shape index (κ1) is 33.0. The molecule has 0 aromatic heterocycles. The normalized spacial score (nSPS) is 14.6. The molecule has 0 saturated heterocycles. The van der Waals surface area contributed by atoms with E-state index in [-0.39, 0.29) is 13.0 Å². The highest BCUT2D eigenvalue weighted by Gasteiger charge is 2.47. The van der Waals surface area contributed by atoms with E-state index in [9.17, 15) is 29.1 Å². The highest BCUT2D eigenvalue weighted by Crippen LogP contribution is 2.42. The van der Waals surface area contributed by atoms with E-state index in [0.717, 1.165) is 34.6 Å². The van der Waals surface area contributed by atoms with Crippen LogP contribution in [0.4, 0.5) is 0 Å². The summed E-state index contributed by atoms with van der Waals surface area (Å²) in [6.07, 6.45) is -5.57. The van der Waals surface area contributed by atoms with Crippen LogP contribution in [-0.4, -0.2) is 88.2 Å². The van der Waals surface area contributed by atoms with Crippen molar-refractivity contribution in [3.8, 4) is 0 Å². The van der Waals surface area contributed by atoms with Crippen LogP contribution in [-0.2, 0) is 47.7 Å². The largest absolute Gasteiger partial charge is 0.462 e. The molecule has 35 heavy (non-hydrogen) atoms. The fraction of sp³-hybridized carbons (Fsp3) is 0.773. The van der Waals surface area contributed by atoms with Crippen molar-refractivity contribution in [1.82, 2.24) is 0 Å². The van der Waals surface area contributed by atoms with Crippen molar-refractivity contribution in [2.45, 2.75) is 83.4 Å². The molecule has 0 aliphatic heterocycles. The highest BCUT2D eigenvalue weighted by molar-refractivity contribution is 8.18. The fourth-order valence-electron chi connectivity index (χ4n) is 3.29. The molecule has 0 aliphatic rings. The van der Waals surface area contributed by atoms with Gasteiger partial charge in [0.2, 0.25) is 0 Å². The number of carbonyl (C=O) groups excluding carboxylic acids is 5. The Bertz CT molecular complexity index is 722. The van der Waals surface area contributed by atoms with Crippen molar-refractivity contribution in [3.05, 3.63) is 0 Å². The zero-order valence-corrected chi connectivity index (χ0v) is 22.8. The Morgan fingerprint density at radius 3 is 1.43 bits per heavy atom. The fourth-order valence-corrected chi connectivity index (χ4v) is 6.13. The molecule has 11 nitrogen and oxygen atoms in total. The van der Waals surface area contributed by atoms with Crippen LogP contribution in [0.2, 0.25) is 0 Å². The van der Waals surface area contributed by atoms with Crippen LogP contribution in [0.5, 0.6) is 0 Å². The molecule has 0 heterocycles. The van der Waals surface area contributed by atoms with Gasteiger partial charge in [-0.25, -0.2) is 0 Å². The maximum absolute atomic E-state index is 12.1. The Morgan fingerprint density at radius 2 is 1.09 bits per heavy atom. The van der Waals surface area contributed by atoms with Gasteiger partial charge in [-0.15, -0.1) is 23.5 Å². The first-order chi connectivity index (χ1) is 16.3. The second kappa shape index (κ2) is 16.6. The molecule has 0 aliphatic carbocycles. The number of carbonyl (C=O) groups is 5. The quantitative estimate of drug-likeness (QED) is 0.172. The molecule has 0 amide bonds. The number of aliphatic hydroxyl groups excluding tert-OH is 1. The predicted octanol–water partition coefficient (Wildman–Crippen LogP) is 1.86. The number of hydrogen-bond acceptors (Lipinski definition) is 13. The van der Waals surface area contributed by atoms with Crippen molar-refractivity contribution in [2.24, 2.45) is 0 Å². The third kappa shape index (κ3) is 13.0.